The molecule has 1 aromatic heterocycles. The number of hydrogen-bond acceptors (Lipinski definition) is 3. The van der Waals surface area contributed by atoms with Crippen molar-refractivity contribution >= 4 is 40.5 Å². The van der Waals surface area contributed by atoms with Crippen LogP contribution in [0.3, 0.4) is 0 Å². The average Bonchev–Trinajstić information content (AvgIpc) is 2.44. The molecule has 0 aliphatic rings. The van der Waals surface area contributed by atoms with Crippen LogP contribution in [0.25, 0.3) is 0 Å². The van der Waals surface area contributed by atoms with Crippen molar-refractivity contribution in [1.82, 2.24) is 10.3 Å². The van der Waals surface area contributed by atoms with Crippen molar-refractivity contribution in [2.75, 3.05) is 11.9 Å². The van der Waals surface area contributed by atoms with Crippen LogP contribution in [-0.2, 0) is 0 Å². The van der Waals surface area contributed by atoms with Gasteiger partial charge >= 0.3 is 0 Å². The zero-order chi connectivity index (χ0) is 15.2. The smallest absolute Gasteiger partial charge is 0.270 e. The average molecular weight is 322 g/mol. The predicted octanol–water partition coefficient (Wildman–Crippen LogP) is 4.05. The second kappa shape index (κ2) is 7.11. The molecule has 0 bridgehead atoms. The van der Waals surface area contributed by atoms with Crippen molar-refractivity contribution in [3.05, 3.63) is 64.9 Å². The van der Waals surface area contributed by atoms with E-state index >= 15 is 0 Å². The predicted molar refractivity (Wildman–Crippen MR) is 86.5 cm³/mol. The number of rotatable bonds is 5. The largest absolute Gasteiger partial charge is 0.355 e. The van der Waals surface area contributed by atoms with Gasteiger partial charge in [-0.1, -0.05) is 29.3 Å². The van der Waals surface area contributed by atoms with E-state index in [1.54, 1.807) is 42.6 Å². The number of aromatic nitrogens is 1. The Hall–Kier alpha value is -2.04. The van der Waals surface area contributed by atoms with E-state index in [9.17, 15) is 4.79 Å². The number of hydrogen-bond donors (Lipinski definition) is 2. The van der Waals surface area contributed by atoms with Gasteiger partial charge in [0.15, 0.2) is 0 Å². The molecular weight excluding hydrogens is 309 g/mol. The van der Waals surface area contributed by atoms with E-state index in [0.717, 1.165) is 5.69 Å². The fourth-order valence-electron chi connectivity index (χ4n) is 1.68. The number of nitrogens with zero attached hydrogens (tertiary/aromatic N) is 1. The molecule has 0 fully saturated rings. The van der Waals surface area contributed by atoms with Crippen LogP contribution in [0.5, 0.6) is 0 Å². The Bertz CT molecular complexity index is 653. The van der Waals surface area contributed by atoms with Gasteiger partial charge in [0.1, 0.15) is 5.69 Å². The van der Waals surface area contributed by atoms with E-state index in [-0.39, 0.29) is 5.91 Å². The Balaban J connectivity index is 2.17. The number of halogens is 2. The number of carbonyl (C=O) groups excluding carboxylic acids is 1. The third-order valence-corrected chi connectivity index (χ3v) is 2.99. The van der Waals surface area contributed by atoms with Gasteiger partial charge in [0.25, 0.3) is 5.91 Å². The van der Waals surface area contributed by atoms with Gasteiger partial charge < -0.3 is 10.6 Å². The molecule has 108 valence electrons. The van der Waals surface area contributed by atoms with Gasteiger partial charge in [0.2, 0.25) is 0 Å². The Morgan fingerprint density at radius 3 is 2.57 bits per heavy atom. The lowest BCUT2D eigenvalue weighted by Gasteiger charge is -2.09. The molecule has 0 saturated heterocycles. The first-order chi connectivity index (χ1) is 10.1. The van der Waals surface area contributed by atoms with E-state index in [1.165, 1.54) is 0 Å². The van der Waals surface area contributed by atoms with Gasteiger partial charge in [-0.25, -0.2) is 0 Å². The SMILES string of the molecule is C=CCNC(=O)c1cc(Nc2cc(Cl)cc(Cl)c2)ccn1. The van der Waals surface area contributed by atoms with Crippen molar-refractivity contribution in [3.63, 3.8) is 0 Å². The first-order valence-corrected chi connectivity index (χ1v) is 6.92. The molecular formula is C15H13Cl2N3O. The number of anilines is 2. The Morgan fingerprint density at radius 2 is 1.90 bits per heavy atom. The second-order valence-electron chi connectivity index (χ2n) is 4.21. The molecule has 0 unspecified atom stereocenters. The number of nitrogens with one attached hydrogen (secondary N) is 2. The van der Waals surface area contributed by atoms with Crippen molar-refractivity contribution in [1.29, 1.82) is 0 Å². The van der Waals surface area contributed by atoms with Crippen LogP contribution < -0.4 is 10.6 Å². The number of benzene rings is 1. The Kier molecular flexibility index (Phi) is 5.20. The third-order valence-electron chi connectivity index (χ3n) is 2.55. The van der Waals surface area contributed by atoms with Crippen molar-refractivity contribution in [2.24, 2.45) is 0 Å². The highest BCUT2D eigenvalue weighted by molar-refractivity contribution is 6.35. The summed E-state index contributed by atoms with van der Waals surface area (Å²) < 4.78 is 0. The minimum atomic E-state index is -0.261. The van der Waals surface area contributed by atoms with E-state index in [1.807, 2.05) is 0 Å². The maximum Gasteiger partial charge on any atom is 0.270 e. The first-order valence-electron chi connectivity index (χ1n) is 6.17. The molecule has 2 rings (SSSR count). The van der Waals surface area contributed by atoms with E-state index < -0.39 is 0 Å². The van der Waals surface area contributed by atoms with Crippen molar-refractivity contribution in [3.8, 4) is 0 Å². The summed E-state index contributed by atoms with van der Waals surface area (Å²) in [4.78, 5) is 15.9. The molecule has 1 aromatic carbocycles. The molecule has 0 spiro atoms. The van der Waals surface area contributed by atoms with Gasteiger partial charge in [-0.3, -0.25) is 9.78 Å². The highest BCUT2D eigenvalue weighted by Crippen LogP contribution is 2.25. The standard InChI is InChI=1S/C15H13Cl2N3O/c1-2-4-19-15(21)14-9-12(3-5-18-14)20-13-7-10(16)6-11(17)8-13/h2-3,5-9H,1,4H2,(H,18,20)(H,19,21). The molecule has 0 radical (unpaired) electrons. The summed E-state index contributed by atoms with van der Waals surface area (Å²) in [5.41, 5.74) is 1.76. The second-order valence-corrected chi connectivity index (χ2v) is 5.08. The summed E-state index contributed by atoms with van der Waals surface area (Å²) in [5.74, 6) is -0.261. The van der Waals surface area contributed by atoms with Crippen LogP contribution in [0.15, 0.2) is 49.2 Å². The highest BCUT2D eigenvalue weighted by atomic mass is 35.5. The lowest BCUT2D eigenvalue weighted by molar-refractivity contribution is 0.0953. The molecule has 21 heavy (non-hydrogen) atoms. The topological polar surface area (TPSA) is 54.0 Å². The maximum atomic E-state index is 11.8. The van der Waals surface area contributed by atoms with Crippen LogP contribution in [-0.4, -0.2) is 17.4 Å². The van der Waals surface area contributed by atoms with Gasteiger partial charge in [0, 0.05) is 34.2 Å². The Morgan fingerprint density at radius 1 is 1.19 bits per heavy atom. The van der Waals surface area contributed by atoms with Crippen LogP contribution in [0.4, 0.5) is 11.4 Å². The fourth-order valence-corrected chi connectivity index (χ4v) is 2.21. The molecule has 2 aromatic rings. The number of amides is 1. The van der Waals surface area contributed by atoms with Gasteiger partial charge in [-0.2, -0.15) is 0 Å². The maximum absolute atomic E-state index is 11.8. The Labute approximate surface area is 132 Å². The molecule has 0 aliphatic carbocycles. The zero-order valence-electron chi connectivity index (χ0n) is 11.1. The summed E-state index contributed by atoms with van der Waals surface area (Å²) in [5, 5.41) is 6.86. The zero-order valence-corrected chi connectivity index (χ0v) is 12.6. The van der Waals surface area contributed by atoms with E-state index in [0.29, 0.717) is 28.0 Å². The third kappa shape index (κ3) is 4.48. The minimum absolute atomic E-state index is 0.261. The van der Waals surface area contributed by atoms with E-state index in [2.05, 4.69) is 22.2 Å². The summed E-state index contributed by atoms with van der Waals surface area (Å²) in [7, 11) is 0. The van der Waals surface area contributed by atoms with Gasteiger partial charge in [-0.05, 0) is 30.3 Å². The van der Waals surface area contributed by atoms with Gasteiger partial charge in [-0.15, -0.1) is 6.58 Å². The first kappa shape index (κ1) is 15.4. The number of pyridine rings is 1. The molecule has 4 nitrogen and oxygen atoms in total. The van der Waals surface area contributed by atoms with Crippen LogP contribution in [0.1, 0.15) is 10.5 Å². The monoisotopic (exact) mass is 321 g/mol. The molecule has 2 N–H and O–H groups in total. The summed E-state index contributed by atoms with van der Waals surface area (Å²) >= 11 is 11.9. The van der Waals surface area contributed by atoms with Crippen LogP contribution in [0.2, 0.25) is 10.0 Å². The van der Waals surface area contributed by atoms with Crippen molar-refractivity contribution < 1.29 is 4.79 Å². The quantitative estimate of drug-likeness (QED) is 0.817. The van der Waals surface area contributed by atoms with Crippen LogP contribution >= 0.6 is 23.2 Å². The van der Waals surface area contributed by atoms with E-state index in [4.69, 9.17) is 23.2 Å². The summed E-state index contributed by atoms with van der Waals surface area (Å²) in [6.45, 7) is 3.93. The highest BCUT2D eigenvalue weighted by Gasteiger charge is 2.07. The van der Waals surface area contributed by atoms with Crippen molar-refractivity contribution in [2.45, 2.75) is 0 Å². The molecule has 0 saturated carbocycles. The minimum Gasteiger partial charge on any atom is -0.355 e. The summed E-state index contributed by atoms with van der Waals surface area (Å²) in [6, 6.07) is 8.53. The number of carbonyl (C=O) groups is 1. The van der Waals surface area contributed by atoms with Gasteiger partial charge in [0.05, 0.1) is 0 Å². The lowest BCUT2D eigenvalue weighted by Crippen LogP contribution is -2.24. The lowest BCUT2D eigenvalue weighted by atomic mass is 10.2. The normalized spacial score (nSPS) is 10.0. The summed E-state index contributed by atoms with van der Waals surface area (Å²) in [6.07, 6.45) is 3.16. The molecule has 1 amide bonds. The molecule has 6 heteroatoms. The fraction of sp³-hybridized carbons (Fsp3) is 0.0667. The molecule has 0 aliphatic heterocycles. The van der Waals surface area contributed by atoms with Crippen LogP contribution in [0, 0.1) is 0 Å². The molecule has 0 atom stereocenters. The molecule has 1 heterocycles.